The molecule has 0 radical (unpaired) electrons. The van der Waals surface area contributed by atoms with Crippen molar-refractivity contribution < 1.29 is 4.74 Å². The Bertz CT molecular complexity index is 444. The lowest BCUT2D eigenvalue weighted by Crippen LogP contribution is -2.33. The Morgan fingerprint density at radius 2 is 2.33 bits per heavy atom. The molecule has 0 aliphatic carbocycles. The van der Waals surface area contributed by atoms with Crippen LogP contribution >= 0.6 is 0 Å². The lowest BCUT2D eigenvalue weighted by molar-refractivity contribution is 0.115. The summed E-state index contributed by atoms with van der Waals surface area (Å²) in [6.07, 6.45) is 2.60. The first kappa shape index (κ1) is 12.9. The average Bonchev–Trinajstić information content (AvgIpc) is 2.89. The zero-order valence-corrected chi connectivity index (χ0v) is 11.1. The van der Waals surface area contributed by atoms with Crippen molar-refractivity contribution in [1.82, 2.24) is 0 Å². The Hall–Kier alpha value is -1.53. The molecule has 1 aromatic carbocycles. The highest BCUT2D eigenvalue weighted by molar-refractivity contribution is 5.64. The highest BCUT2D eigenvalue weighted by Crippen LogP contribution is 2.26. The first-order valence-corrected chi connectivity index (χ1v) is 6.62. The van der Waals surface area contributed by atoms with Crippen LogP contribution in [0.25, 0.3) is 0 Å². The van der Waals surface area contributed by atoms with Crippen molar-refractivity contribution in [2.75, 3.05) is 24.6 Å². The number of nitriles is 1. The predicted molar refractivity (Wildman–Crippen MR) is 72.8 cm³/mol. The van der Waals surface area contributed by atoms with Gasteiger partial charge < -0.3 is 9.64 Å². The van der Waals surface area contributed by atoms with Gasteiger partial charge >= 0.3 is 0 Å². The summed E-state index contributed by atoms with van der Waals surface area (Å²) in [6.45, 7) is 6.85. The maximum atomic E-state index is 9.24. The van der Waals surface area contributed by atoms with Gasteiger partial charge in [-0.3, -0.25) is 0 Å². The summed E-state index contributed by atoms with van der Waals surface area (Å²) < 4.78 is 5.70. The fourth-order valence-electron chi connectivity index (χ4n) is 2.58. The number of hydrogen-bond donors (Lipinski definition) is 0. The van der Waals surface area contributed by atoms with Crippen LogP contribution < -0.4 is 4.90 Å². The van der Waals surface area contributed by atoms with Crippen molar-refractivity contribution in [3.05, 3.63) is 29.3 Å². The molecule has 1 saturated heterocycles. The number of aryl methyl sites for hydroxylation is 1. The summed E-state index contributed by atoms with van der Waals surface area (Å²) in [5, 5.41) is 9.24. The van der Waals surface area contributed by atoms with Gasteiger partial charge in [-0.15, -0.1) is 0 Å². The number of benzene rings is 1. The molecule has 1 aromatic rings. The normalized spacial score (nSPS) is 18.6. The fourth-order valence-corrected chi connectivity index (χ4v) is 2.58. The lowest BCUT2D eigenvalue weighted by atomic mass is 10.1. The average molecular weight is 244 g/mol. The van der Waals surface area contributed by atoms with Crippen LogP contribution in [0.3, 0.4) is 0 Å². The number of ether oxygens (including phenoxy) is 1. The van der Waals surface area contributed by atoms with Gasteiger partial charge in [-0.2, -0.15) is 5.26 Å². The quantitative estimate of drug-likeness (QED) is 0.817. The van der Waals surface area contributed by atoms with Crippen molar-refractivity contribution in [3.8, 4) is 6.07 Å². The van der Waals surface area contributed by atoms with E-state index in [0.717, 1.165) is 49.4 Å². The first-order valence-electron chi connectivity index (χ1n) is 6.62. The molecule has 0 spiro atoms. The van der Waals surface area contributed by atoms with E-state index in [0.29, 0.717) is 6.10 Å². The summed E-state index contributed by atoms with van der Waals surface area (Å²) in [7, 11) is 0. The SMILES string of the molecule is CCN(CC1CCCO1)c1c(C)cccc1C#N. The van der Waals surface area contributed by atoms with Crippen molar-refractivity contribution in [2.24, 2.45) is 0 Å². The van der Waals surface area contributed by atoms with Gasteiger partial charge in [-0.25, -0.2) is 0 Å². The molecule has 1 aliphatic heterocycles. The summed E-state index contributed by atoms with van der Waals surface area (Å²) in [5.74, 6) is 0. The van der Waals surface area contributed by atoms with Gasteiger partial charge in [0.2, 0.25) is 0 Å². The molecule has 0 aromatic heterocycles. The van der Waals surface area contributed by atoms with Gasteiger partial charge in [0.1, 0.15) is 6.07 Å². The molecule has 3 heteroatoms. The molecule has 18 heavy (non-hydrogen) atoms. The smallest absolute Gasteiger partial charge is 0.101 e. The number of anilines is 1. The Balaban J connectivity index is 2.23. The minimum Gasteiger partial charge on any atom is -0.376 e. The standard InChI is InChI=1S/C15H20N2O/c1-3-17(11-14-8-5-9-18-14)15-12(2)6-4-7-13(15)10-16/h4,6-7,14H,3,5,8-9,11H2,1-2H3. The number of likely N-dealkylation sites (N-methyl/N-ethyl adjacent to an activating group) is 1. The maximum absolute atomic E-state index is 9.24. The van der Waals surface area contributed by atoms with Crippen molar-refractivity contribution in [1.29, 1.82) is 5.26 Å². The number of hydrogen-bond acceptors (Lipinski definition) is 3. The van der Waals surface area contributed by atoms with E-state index < -0.39 is 0 Å². The van der Waals surface area contributed by atoms with E-state index in [1.807, 2.05) is 12.1 Å². The monoisotopic (exact) mass is 244 g/mol. The van der Waals surface area contributed by atoms with E-state index in [2.05, 4.69) is 30.9 Å². The lowest BCUT2D eigenvalue weighted by Gasteiger charge is -2.28. The Morgan fingerprint density at radius 1 is 1.50 bits per heavy atom. The summed E-state index contributed by atoms with van der Waals surface area (Å²) in [5.41, 5.74) is 2.99. The van der Waals surface area contributed by atoms with Crippen LogP contribution in [0.4, 0.5) is 5.69 Å². The molecule has 1 fully saturated rings. The van der Waals surface area contributed by atoms with Crippen LogP contribution in [0.15, 0.2) is 18.2 Å². The Labute approximate surface area is 109 Å². The number of rotatable bonds is 4. The molecule has 1 unspecified atom stereocenters. The van der Waals surface area contributed by atoms with Gasteiger partial charge in [0.25, 0.3) is 0 Å². The minimum atomic E-state index is 0.316. The molecule has 0 saturated carbocycles. The van der Waals surface area contributed by atoms with E-state index >= 15 is 0 Å². The molecule has 1 atom stereocenters. The topological polar surface area (TPSA) is 36.3 Å². The van der Waals surface area contributed by atoms with Gasteiger partial charge in [-0.1, -0.05) is 12.1 Å². The van der Waals surface area contributed by atoms with Crippen LogP contribution in [0.1, 0.15) is 30.9 Å². The summed E-state index contributed by atoms with van der Waals surface area (Å²) in [6, 6.07) is 8.19. The summed E-state index contributed by atoms with van der Waals surface area (Å²) >= 11 is 0. The van der Waals surface area contributed by atoms with Crippen LogP contribution in [0.2, 0.25) is 0 Å². The van der Waals surface area contributed by atoms with Crippen LogP contribution in [0, 0.1) is 18.3 Å². The van der Waals surface area contributed by atoms with Gasteiger partial charge in [0.15, 0.2) is 0 Å². The third-order valence-electron chi connectivity index (χ3n) is 3.50. The predicted octanol–water partition coefficient (Wildman–Crippen LogP) is 2.87. The molecule has 0 bridgehead atoms. The largest absolute Gasteiger partial charge is 0.376 e. The van der Waals surface area contributed by atoms with Crippen molar-refractivity contribution in [3.63, 3.8) is 0 Å². The molecule has 0 N–H and O–H groups in total. The van der Waals surface area contributed by atoms with Crippen molar-refractivity contribution in [2.45, 2.75) is 32.8 Å². The zero-order valence-electron chi connectivity index (χ0n) is 11.1. The molecule has 2 rings (SSSR count). The summed E-state index contributed by atoms with van der Waals surface area (Å²) in [4.78, 5) is 2.27. The van der Waals surface area contributed by atoms with Gasteiger partial charge in [-0.05, 0) is 38.3 Å². The third kappa shape index (κ3) is 2.65. The molecule has 3 nitrogen and oxygen atoms in total. The van der Waals surface area contributed by atoms with E-state index in [4.69, 9.17) is 4.74 Å². The highest BCUT2D eigenvalue weighted by atomic mass is 16.5. The minimum absolute atomic E-state index is 0.316. The van der Waals surface area contributed by atoms with Crippen LogP contribution in [-0.4, -0.2) is 25.8 Å². The molecular weight excluding hydrogens is 224 g/mol. The molecule has 0 amide bonds. The van der Waals surface area contributed by atoms with Crippen LogP contribution in [0.5, 0.6) is 0 Å². The first-order chi connectivity index (χ1) is 8.76. The van der Waals surface area contributed by atoms with Crippen molar-refractivity contribution >= 4 is 5.69 Å². The van der Waals surface area contributed by atoms with Gasteiger partial charge in [0.05, 0.1) is 17.4 Å². The number of para-hydroxylation sites is 1. The Morgan fingerprint density at radius 3 is 2.94 bits per heavy atom. The third-order valence-corrected chi connectivity index (χ3v) is 3.50. The maximum Gasteiger partial charge on any atom is 0.101 e. The number of nitrogens with zero attached hydrogens (tertiary/aromatic N) is 2. The van der Waals surface area contributed by atoms with E-state index in [9.17, 15) is 5.26 Å². The van der Waals surface area contributed by atoms with Crippen LogP contribution in [-0.2, 0) is 4.74 Å². The zero-order chi connectivity index (χ0) is 13.0. The van der Waals surface area contributed by atoms with Gasteiger partial charge in [0, 0.05) is 19.7 Å². The fraction of sp³-hybridized carbons (Fsp3) is 0.533. The van der Waals surface area contributed by atoms with E-state index in [1.54, 1.807) is 0 Å². The molecule has 1 aliphatic rings. The molecule has 96 valence electrons. The van der Waals surface area contributed by atoms with E-state index in [1.165, 1.54) is 0 Å². The molecular formula is C15H20N2O. The second-order valence-corrected chi connectivity index (χ2v) is 4.76. The van der Waals surface area contributed by atoms with E-state index in [-0.39, 0.29) is 0 Å². The second-order valence-electron chi connectivity index (χ2n) is 4.76. The Kier molecular flexibility index (Phi) is 4.22. The second kappa shape index (κ2) is 5.88. The molecule has 1 heterocycles. The highest BCUT2D eigenvalue weighted by Gasteiger charge is 2.21.